The van der Waals surface area contributed by atoms with E-state index in [0.717, 1.165) is 26.3 Å². The van der Waals surface area contributed by atoms with Crippen LogP contribution in [0.25, 0.3) is 0 Å². The third-order valence-electron chi connectivity index (χ3n) is 8.54. The fourth-order valence-electron chi connectivity index (χ4n) is 5.87. The number of aliphatic carboxylic acids is 1. The Kier molecular flexibility index (Phi) is 16.9. The Labute approximate surface area is 305 Å². The Bertz CT molecular complexity index is 1610. The highest BCUT2D eigenvalue weighted by Crippen LogP contribution is 2.30. The molecule has 0 aliphatic carbocycles. The summed E-state index contributed by atoms with van der Waals surface area (Å²) in [6.45, 7) is 7.03. The molecule has 1 amide bonds. The molecule has 0 radical (unpaired) electrons. The van der Waals surface area contributed by atoms with Gasteiger partial charge in [-0.2, -0.15) is 8.61 Å². The van der Waals surface area contributed by atoms with Crippen LogP contribution in [0.4, 0.5) is 0 Å². The number of hydrogen-bond acceptors (Lipinski definition) is 9. The monoisotopic (exact) mass is 778 g/mol. The molecule has 4 aliphatic heterocycles. The molecule has 6 rings (SSSR count). The van der Waals surface area contributed by atoms with E-state index in [2.05, 4.69) is 5.32 Å². The maximum absolute atomic E-state index is 12.8. The lowest BCUT2D eigenvalue weighted by molar-refractivity contribution is -0.143. The van der Waals surface area contributed by atoms with Crippen LogP contribution in [-0.2, 0) is 39.1 Å². The molecule has 17 heteroatoms. The topological polar surface area (TPSA) is 163 Å². The molecule has 2 aromatic rings. The van der Waals surface area contributed by atoms with E-state index < -0.39 is 31.9 Å². The molecule has 13 nitrogen and oxygen atoms in total. The van der Waals surface area contributed by atoms with Crippen molar-refractivity contribution < 1.29 is 41.0 Å². The quantitative estimate of drug-likeness (QED) is 0.443. The first-order valence-electron chi connectivity index (χ1n) is 16.3. The lowest BCUT2D eigenvalue weighted by Crippen LogP contribution is -2.49. The van der Waals surface area contributed by atoms with Crippen molar-refractivity contribution >= 4 is 55.1 Å². The van der Waals surface area contributed by atoms with Crippen molar-refractivity contribution in [1.29, 1.82) is 0 Å². The maximum Gasteiger partial charge on any atom is 0.307 e. The first-order valence-corrected chi connectivity index (χ1v) is 19.9. The summed E-state index contributed by atoms with van der Waals surface area (Å²) in [7, 11) is -7.40. The largest absolute Gasteiger partial charge is 0.481 e. The van der Waals surface area contributed by atoms with E-state index in [-0.39, 0.29) is 52.2 Å². The summed E-state index contributed by atoms with van der Waals surface area (Å²) in [5.74, 6) is -1.88. The number of benzene rings is 2. The van der Waals surface area contributed by atoms with Gasteiger partial charge in [-0.3, -0.25) is 9.59 Å². The Hall–Kier alpha value is -2.34. The molecule has 0 spiro atoms. The predicted octanol–water partition coefficient (Wildman–Crippen LogP) is 3.67. The summed E-state index contributed by atoms with van der Waals surface area (Å²) < 4.78 is 63.4. The van der Waals surface area contributed by atoms with Crippen LogP contribution in [0.5, 0.6) is 0 Å². The van der Waals surface area contributed by atoms with Crippen LogP contribution in [0.1, 0.15) is 33.1 Å². The van der Waals surface area contributed by atoms with Gasteiger partial charge in [0.05, 0.1) is 48.3 Å². The molecule has 4 fully saturated rings. The number of morpholine rings is 2. The predicted molar refractivity (Wildman–Crippen MR) is 191 cm³/mol. The highest BCUT2D eigenvalue weighted by molar-refractivity contribution is 7.89. The van der Waals surface area contributed by atoms with Gasteiger partial charge in [0.2, 0.25) is 26.0 Å². The zero-order valence-corrected chi connectivity index (χ0v) is 30.4. The van der Waals surface area contributed by atoms with E-state index in [1.165, 1.54) is 26.8 Å². The third kappa shape index (κ3) is 11.3. The molecule has 0 bridgehead atoms. The number of carbonyl (C=O) groups is 2. The first-order chi connectivity index (χ1) is 23.4. The van der Waals surface area contributed by atoms with Crippen molar-refractivity contribution in [3.05, 3.63) is 58.6 Å². The minimum atomic E-state index is -3.72. The number of nitrogens with zero attached hydrogens (tertiary/aromatic N) is 3. The number of carbonyl (C=O) groups excluding carboxylic acids is 1. The van der Waals surface area contributed by atoms with Crippen LogP contribution in [-0.4, -0.2) is 126 Å². The highest BCUT2D eigenvalue weighted by atomic mass is 35.5. The normalized spacial score (nSPS) is 22.1. The van der Waals surface area contributed by atoms with Gasteiger partial charge < -0.3 is 24.8 Å². The van der Waals surface area contributed by atoms with Gasteiger partial charge in [-0.05, 0) is 49.9 Å². The molecule has 4 heterocycles. The summed E-state index contributed by atoms with van der Waals surface area (Å²) in [6.07, 6.45) is 2.43. The molecule has 280 valence electrons. The van der Waals surface area contributed by atoms with E-state index in [0.29, 0.717) is 65.1 Å². The SMILES string of the molecule is C.C1COCCN1.O=C(C1CCCN(S(=O)(=O)c2ccccc2Cl)C1)N1CCOCC1.O=C(O)C1CCCN(S(=O)(=O)c2ccccc2Cl)C1. The van der Waals surface area contributed by atoms with Crippen LogP contribution >= 0.6 is 23.2 Å². The van der Waals surface area contributed by atoms with E-state index in [9.17, 15) is 26.4 Å². The molecule has 2 atom stereocenters. The number of rotatable bonds is 6. The van der Waals surface area contributed by atoms with Gasteiger partial charge in [-0.15, -0.1) is 0 Å². The standard InChI is InChI=1S/C16H21ClN2O4S.C12H14ClNO4S.C4H9NO.CH4/c17-14-5-1-2-6-15(14)24(21,22)19-7-3-4-13(12-19)16(20)18-8-10-23-11-9-18;13-10-5-1-2-6-11(10)19(17,18)14-7-3-4-9(8-14)12(15)16;1-3-6-4-2-5-1;/h1-2,5-6,13H,3-4,7-12H2;1-2,5-6,9H,3-4,7-8H2,(H,15,16);5H,1-4H2;1H4. The van der Waals surface area contributed by atoms with Crippen LogP contribution < -0.4 is 5.32 Å². The summed E-state index contributed by atoms with van der Waals surface area (Å²) in [6, 6.07) is 12.6. The number of halogens is 2. The van der Waals surface area contributed by atoms with E-state index in [1.54, 1.807) is 35.2 Å². The zero-order valence-electron chi connectivity index (χ0n) is 27.2. The first kappa shape index (κ1) is 42.1. The molecule has 2 aromatic carbocycles. The van der Waals surface area contributed by atoms with Crippen LogP contribution in [0.15, 0.2) is 58.3 Å². The second-order valence-corrected chi connectivity index (χ2v) is 16.5. The van der Waals surface area contributed by atoms with Crippen molar-refractivity contribution in [2.24, 2.45) is 11.8 Å². The summed E-state index contributed by atoms with van der Waals surface area (Å²) in [5.41, 5.74) is 0. The van der Waals surface area contributed by atoms with Gasteiger partial charge in [0.15, 0.2) is 0 Å². The van der Waals surface area contributed by atoms with Gasteiger partial charge in [0.25, 0.3) is 0 Å². The molecule has 0 aromatic heterocycles. The van der Waals surface area contributed by atoms with Crippen LogP contribution in [0.2, 0.25) is 10.0 Å². The highest BCUT2D eigenvalue weighted by Gasteiger charge is 2.36. The molecule has 2 unspecified atom stereocenters. The van der Waals surface area contributed by atoms with E-state index in [4.69, 9.17) is 37.8 Å². The van der Waals surface area contributed by atoms with E-state index in [1.807, 2.05) is 0 Å². The Morgan fingerprint density at radius 2 is 1.14 bits per heavy atom. The second-order valence-electron chi connectivity index (χ2n) is 11.9. The number of carboxylic acid groups (broad SMARTS) is 1. The van der Waals surface area contributed by atoms with Gasteiger partial charge in [-0.1, -0.05) is 54.9 Å². The van der Waals surface area contributed by atoms with Crippen LogP contribution in [0.3, 0.4) is 0 Å². The smallest absolute Gasteiger partial charge is 0.307 e. The number of hydrogen-bond donors (Lipinski definition) is 2. The van der Waals surface area contributed by atoms with Crippen molar-refractivity contribution in [1.82, 2.24) is 18.8 Å². The molecule has 2 N–H and O–H groups in total. The van der Waals surface area contributed by atoms with Crippen LogP contribution in [0, 0.1) is 11.8 Å². The maximum atomic E-state index is 12.8. The minimum absolute atomic E-state index is 0. The van der Waals surface area contributed by atoms with Crippen molar-refractivity contribution in [2.45, 2.75) is 42.9 Å². The second kappa shape index (κ2) is 20.0. The fourth-order valence-corrected chi connectivity index (χ4v) is 9.90. The third-order valence-corrected chi connectivity index (χ3v) is 13.3. The molecule has 4 saturated heterocycles. The zero-order chi connectivity index (χ0) is 35.4. The average Bonchev–Trinajstić information content (AvgIpc) is 3.13. The Balaban J connectivity index is 0.000000232. The van der Waals surface area contributed by atoms with Gasteiger partial charge in [-0.25, -0.2) is 16.8 Å². The number of ether oxygens (including phenoxy) is 2. The number of sulfonamides is 2. The number of carboxylic acids is 1. The van der Waals surface area contributed by atoms with Gasteiger partial charge in [0.1, 0.15) is 9.79 Å². The molecular formula is C33H48Cl2N4O9S2. The average molecular weight is 780 g/mol. The number of amides is 1. The minimum Gasteiger partial charge on any atom is -0.481 e. The summed E-state index contributed by atoms with van der Waals surface area (Å²) in [5, 5.41) is 12.5. The van der Waals surface area contributed by atoms with Gasteiger partial charge >= 0.3 is 5.97 Å². The molecule has 50 heavy (non-hydrogen) atoms. The Morgan fingerprint density at radius 1 is 0.700 bits per heavy atom. The number of nitrogens with one attached hydrogen (secondary N) is 1. The lowest BCUT2D eigenvalue weighted by atomic mass is 9.98. The van der Waals surface area contributed by atoms with Crippen molar-refractivity contribution in [3.63, 3.8) is 0 Å². The molecular weight excluding hydrogens is 731 g/mol. The lowest BCUT2D eigenvalue weighted by Gasteiger charge is -2.35. The molecule has 0 saturated carbocycles. The number of piperidine rings is 2. The van der Waals surface area contributed by atoms with Crippen molar-refractivity contribution in [2.75, 3.05) is 78.8 Å². The van der Waals surface area contributed by atoms with Crippen molar-refractivity contribution in [3.8, 4) is 0 Å². The summed E-state index contributed by atoms with van der Waals surface area (Å²) >= 11 is 12.0. The molecule has 4 aliphatic rings. The summed E-state index contributed by atoms with van der Waals surface area (Å²) in [4.78, 5) is 25.5. The Morgan fingerprint density at radius 3 is 1.56 bits per heavy atom. The van der Waals surface area contributed by atoms with Gasteiger partial charge in [0, 0.05) is 52.4 Å². The fraction of sp³-hybridized carbons (Fsp3) is 0.576. The van der Waals surface area contributed by atoms with E-state index >= 15 is 0 Å².